The number of ether oxygens (including phenoxy) is 1. The zero-order valence-electron chi connectivity index (χ0n) is 16.1. The van der Waals surface area contributed by atoms with Crippen LogP contribution < -0.4 is 4.74 Å². The minimum atomic E-state index is -0.150. The second kappa shape index (κ2) is 6.90. The molecule has 3 aromatic rings. The Morgan fingerprint density at radius 1 is 0.962 bits per heavy atom. The summed E-state index contributed by atoms with van der Waals surface area (Å²) in [6.07, 6.45) is 0.588. The molecule has 0 unspecified atom stereocenters. The highest BCUT2D eigenvalue weighted by Crippen LogP contribution is 2.29. The molecule has 0 aliphatic carbocycles. The van der Waals surface area contributed by atoms with Crippen molar-refractivity contribution >= 4 is 0 Å². The predicted molar refractivity (Wildman–Crippen MR) is 96.1 cm³/mol. The Balaban J connectivity index is 1.67. The van der Waals surface area contributed by atoms with Crippen LogP contribution in [0.2, 0.25) is 0 Å². The highest BCUT2D eigenvalue weighted by molar-refractivity contribution is 5.60. The Labute approximate surface area is 152 Å². The van der Waals surface area contributed by atoms with Crippen molar-refractivity contribution in [2.24, 2.45) is 0 Å². The van der Waals surface area contributed by atoms with Crippen LogP contribution in [0.5, 0.6) is 5.75 Å². The summed E-state index contributed by atoms with van der Waals surface area (Å²) in [4.78, 5) is 8.70. The summed E-state index contributed by atoms with van der Waals surface area (Å²) in [5.41, 5.74) is 2.80. The molecule has 0 spiro atoms. The van der Waals surface area contributed by atoms with Crippen LogP contribution >= 0.6 is 0 Å². The van der Waals surface area contributed by atoms with Gasteiger partial charge in [0.1, 0.15) is 5.75 Å². The van der Waals surface area contributed by atoms with Crippen molar-refractivity contribution in [2.45, 2.75) is 53.4 Å². The van der Waals surface area contributed by atoms with Gasteiger partial charge in [-0.3, -0.25) is 0 Å². The summed E-state index contributed by atoms with van der Waals surface area (Å²) in [6, 6.07) is 4.00. The Kier molecular flexibility index (Phi) is 4.80. The zero-order chi connectivity index (χ0) is 18.9. The smallest absolute Gasteiger partial charge is 0.232 e. The van der Waals surface area contributed by atoms with Gasteiger partial charge in [0.25, 0.3) is 0 Å². The molecule has 138 valence electrons. The van der Waals surface area contributed by atoms with Crippen molar-refractivity contribution in [3.05, 3.63) is 40.9 Å². The van der Waals surface area contributed by atoms with E-state index in [2.05, 4.69) is 20.3 Å². The number of aromatic nitrogens is 4. The predicted octanol–water partition coefficient (Wildman–Crippen LogP) is 3.96. The topological polar surface area (TPSA) is 87.1 Å². The Bertz CT molecular complexity index is 883. The number of benzene rings is 1. The number of nitrogens with zero attached hydrogens (tertiary/aromatic N) is 4. The van der Waals surface area contributed by atoms with Crippen LogP contribution in [0.4, 0.5) is 0 Å². The van der Waals surface area contributed by atoms with Gasteiger partial charge in [0, 0.05) is 24.3 Å². The lowest BCUT2D eigenvalue weighted by Gasteiger charge is -2.12. The molecule has 0 aliphatic heterocycles. The summed E-state index contributed by atoms with van der Waals surface area (Å²) in [5, 5.41) is 7.99. The normalized spacial score (nSPS) is 11.8. The first-order chi connectivity index (χ1) is 12.2. The molecule has 26 heavy (non-hydrogen) atoms. The first kappa shape index (κ1) is 18.1. The van der Waals surface area contributed by atoms with Gasteiger partial charge in [-0.2, -0.15) is 9.97 Å². The second-order valence-electron chi connectivity index (χ2n) is 7.44. The quantitative estimate of drug-likeness (QED) is 0.683. The summed E-state index contributed by atoms with van der Waals surface area (Å²) in [7, 11) is 0. The lowest BCUT2D eigenvalue weighted by molar-refractivity contribution is 0.303. The molecule has 0 saturated carbocycles. The van der Waals surface area contributed by atoms with Gasteiger partial charge in [-0.15, -0.1) is 0 Å². The van der Waals surface area contributed by atoms with Crippen molar-refractivity contribution in [3.8, 4) is 17.1 Å². The molecule has 2 aromatic heterocycles. The van der Waals surface area contributed by atoms with Gasteiger partial charge in [0.15, 0.2) is 5.82 Å². The maximum absolute atomic E-state index is 5.98. The van der Waals surface area contributed by atoms with Gasteiger partial charge in [-0.1, -0.05) is 31.1 Å². The van der Waals surface area contributed by atoms with Crippen molar-refractivity contribution in [1.29, 1.82) is 0 Å². The highest BCUT2D eigenvalue weighted by atomic mass is 16.5. The first-order valence-corrected chi connectivity index (χ1v) is 8.62. The summed E-state index contributed by atoms with van der Waals surface area (Å²) in [6.45, 7) is 12.4. The van der Waals surface area contributed by atoms with Crippen LogP contribution in [-0.4, -0.2) is 26.9 Å². The minimum absolute atomic E-state index is 0.150. The molecule has 0 amide bonds. The molecule has 1 aromatic carbocycles. The molecule has 3 rings (SSSR count). The molecule has 0 aliphatic rings. The molecular weight excluding hydrogens is 332 g/mol. The largest absolute Gasteiger partial charge is 0.493 e. The molecule has 0 bridgehead atoms. The van der Waals surface area contributed by atoms with Crippen molar-refractivity contribution in [3.63, 3.8) is 0 Å². The van der Waals surface area contributed by atoms with Gasteiger partial charge in [-0.25, -0.2) is 0 Å². The third-order valence-corrected chi connectivity index (χ3v) is 3.93. The van der Waals surface area contributed by atoms with Crippen molar-refractivity contribution < 1.29 is 13.8 Å². The molecule has 2 heterocycles. The van der Waals surface area contributed by atoms with E-state index < -0.39 is 0 Å². The number of hydrogen-bond donors (Lipinski definition) is 0. The van der Waals surface area contributed by atoms with Crippen LogP contribution in [0.1, 0.15) is 49.5 Å². The Morgan fingerprint density at radius 3 is 2.19 bits per heavy atom. The summed E-state index contributed by atoms with van der Waals surface area (Å²) >= 11 is 0. The second-order valence-corrected chi connectivity index (χ2v) is 7.44. The molecule has 0 saturated heterocycles. The van der Waals surface area contributed by atoms with Crippen LogP contribution in [-0.2, 0) is 11.8 Å². The molecular formula is C19H24N4O3. The molecule has 7 nitrogen and oxygen atoms in total. The SMILES string of the molecule is Cc1nc(-c2cc(C)c(OCCc3noc(C(C)(C)C)n3)c(C)c2)no1. The fourth-order valence-electron chi connectivity index (χ4n) is 2.63. The monoisotopic (exact) mass is 356 g/mol. The van der Waals surface area contributed by atoms with E-state index in [4.69, 9.17) is 13.8 Å². The highest BCUT2D eigenvalue weighted by Gasteiger charge is 2.21. The van der Waals surface area contributed by atoms with Gasteiger partial charge in [0.05, 0.1) is 6.61 Å². The van der Waals surface area contributed by atoms with Gasteiger partial charge < -0.3 is 13.8 Å². The molecule has 0 fully saturated rings. The Hall–Kier alpha value is -2.70. The maximum Gasteiger partial charge on any atom is 0.232 e. The Morgan fingerprint density at radius 2 is 1.65 bits per heavy atom. The fourth-order valence-corrected chi connectivity index (χ4v) is 2.63. The van der Waals surface area contributed by atoms with E-state index >= 15 is 0 Å². The van der Waals surface area contributed by atoms with Crippen LogP contribution in [0.25, 0.3) is 11.4 Å². The number of aryl methyl sites for hydroxylation is 3. The third-order valence-electron chi connectivity index (χ3n) is 3.93. The van der Waals surface area contributed by atoms with E-state index in [0.717, 1.165) is 22.4 Å². The number of rotatable bonds is 5. The van der Waals surface area contributed by atoms with E-state index in [1.165, 1.54) is 0 Å². The number of hydrogen-bond acceptors (Lipinski definition) is 7. The van der Waals surface area contributed by atoms with E-state index in [-0.39, 0.29) is 5.41 Å². The van der Waals surface area contributed by atoms with Gasteiger partial charge >= 0.3 is 0 Å². The molecule has 7 heteroatoms. The average Bonchev–Trinajstić information content (AvgIpc) is 3.18. The fraction of sp³-hybridized carbons (Fsp3) is 0.474. The molecule has 0 radical (unpaired) electrons. The minimum Gasteiger partial charge on any atom is -0.493 e. The lowest BCUT2D eigenvalue weighted by atomic mass is 9.97. The maximum atomic E-state index is 5.98. The zero-order valence-corrected chi connectivity index (χ0v) is 16.1. The van der Waals surface area contributed by atoms with E-state index in [0.29, 0.717) is 36.5 Å². The van der Waals surface area contributed by atoms with Crippen molar-refractivity contribution in [2.75, 3.05) is 6.61 Å². The van der Waals surface area contributed by atoms with Crippen LogP contribution in [0.15, 0.2) is 21.2 Å². The van der Waals surface area contributed by atoms with Crippen molar-refractivity contribution in [1.82, 2.24) is 20.3 Å². The summed E-state index contributed by atoms with van der Waals surface area (Å²) < 4.78 is 16.3. The van der Waals surface area contributed by atoms with E-state index in [1.54, 1.807) is 6.92 Å². The van der Waals surface area contributed by atoms with Crippen LogP contribution in [0, 0.1) is 20.8 Å². The molecule has 0 N–H and O–H groups in total. The van der Waals surface area contributed by atoms with Crippen LogP contribution in [0.3, 0.4) is 0 Å². The summed E-state index contributed by atoms with van der Waals surface area (Å²) in [5.74, 6) is 3.28. The third kappa shape index (κ3) is 3.92. The van der Waals surface area contributed by atoms with Gasteiger partial charge in [-0.05, 0) is 37.1 Å². The standard InChI is InChI=1S/C19H24N4O3/c1-11-9-14(17-20-13(3)25-23-17)10-12(2)16(11)24-8-7-15-21-18(26-22-15)19(4,5)6/h9-10H,7-8H2,1-6H3. The average molecular weight is 356 g/mol. The lowest BCUT2D eigenvalue weighted by Crippen LogP contribution is -2.12. The molecule has 0 atom stereocenters. The van der Waals surface area contributed by atoms with Gasteiger partial charge in [0.2, 0.25) is 17.6 Å². The first-order valence-electron chi connectivity index (χ1n) is 8.62. The van der Waals surface area contributed by atoms with E-state index in [9.17, 15) is 0 Å². The van der Waals surface area contributed by atoms with E-state index in [1.807, 2.05) is 46.8 Å².